The van der Waals surface area contributed by atoms with E-state index in [0.29, 0.717) is 18.3 Å². The van der Waals surface area contributed by atoms with Crippen molar-refractivity contribution in [1.29, 1.82) is 0 Å². The lowest BCUT2D eigenvalue weighted by Crippen LogP contribution is -2.46. The Hall–Kier alpha value is -2.21. The Balaban J connectivity index is 1.86. The molecule has 2 atom stereocenters. The molecule has 0 saturated carbocycles. The number of rotatable bonds is 3. The lowest BCUT2D eigenvalue weighted by Gasteiger charge is -2.34. The van der Waals surface area contributed by atoms with Crippen molar-refractivity contribution in [3.05, 3.63) is 36.2 Å². The van der Waals surface area contributed by atoms with Gasteiger partial charge in [-0.3, -0.25) is 4.79 Å². The van der Waals surface area contributed by atoms with Gasteiger partial charge in [-0.1, -0.05) is 35.5 Å². The summed E-state index contributed by atoms with van der Waals surface area (Å²) in [7, 11) is 0. The standard InChI is InChI=1S/C16H20N4O2/c1-11(17)16(21)20-10-6-5-9-13(20)15-18-14(19-22-15)12-7-3-2-4-8-12/h2-4,7-8,11,13H,5-6,9-10,17H2,1H3/t11-,13?/m1/s1. The average molecular weight is 300 g/mol. The van der Waals surface area contributed by atoms with E-state index in [1.165, 1.54) is 0 Å². The second-order valence-electron chi connectivity index (χ2n) is 5.65. The van der Waals surface area contributed by atoms with Crippen LogP contribution in [0.5, 0.6) is 0 Å². The molecule has 2 aromatic rings. The number of nitrogens with zero attached hydrogens (tertiary/aromatic N) is 3. The topological polar surface area (TPSA) is 85.3 Å². The van der Waals surface area contributed by atoms with Crippen LogP contribution < -0.4 is 5.73 Å². The van der Waals surface area contributed by atoms with Crippen molar-refractivity contribution in [3.63, 3.8) is 0 Å². The Morgan fingerprint density at radius 2 is 2.14 bits per heavy atom. The zero-order valence-electron chi connectivity index (χ0n) is 12.6. The molecule has 1 fully saturated rings. The van der Waals surface area contributed by atoms with Crippen molar-refractivity contribution < 1.29 is 9.32 Å². The first-order chi connectivity index (χ1) is 10.7. The van der Waals surface area contributed by atoms with Gasteiger partial charge in [0.1, 0.15) is 6.04 Å². The van der Waals surface area contributed by atoms with Crippen molar-refractivity contribution in [2.75, 3.05) is 6.54 Å². The van der Waals surface area contributed by atoms with Crippen molar-refractivity contribution in [3.8, 4) is 11.4 Å². The van der Waals surface area contributed by atoms with Crippen LogP contribution in [0.25, 0.3) is 11.4 Å². The van der Waals surface area contributed by atoms with E-state index in [4.69, 9.17) is 10.3 Å². The van der Waals surface area contributed by atoms with Gasteiger partial charge in [0.15, 0.2) is 0 Å². The molecule has 1 aromatic carbocycles. The molecule has 6 nitrogen and oxygen atoms in total. The molecule has 2 heterocycles. The molecule has 6 heteroatoms. The number of amides is 1. The molecule has 2 N–H and O–H groups in total. The molecule has 0 aliphatic carbocycles. The van der Waals surface area contributed by atoms with Gasteiger partial charge in [-0.25, -0.2) is 0 Å². The fraction of sp³-hybridized carbons (Fsp3) is 0.438. The smallest absolute Gasteiger partial charge is 0.249 e. The number of carbonyl (C=O) groups excluding carboxylic acids is 1. The molecule has 1 saturated heterocycles. The van der Waals surface area contributed by atoms with E-state index in [1.54, 1.807) is 11.8 Å². The summed E-state index contributed by atoms with van der Waals surface area (Å²) >= 11 is 0. The van der Waals surface area contributed by atoms with E-state index in [1.807, 2.05) is 30.3 Å². The highest BCUT2D eigenvalue weighted by Gasteiger charge is 2.33. The molecule has 3 rings (SSSR count). The van der Waals surface area contributed by atoms with E-state index in [0.717, 1.165) is 24.8 Å². The molecule has 0 radical (unpaired) electrons. The molecular formula is C16H20N4O2. The second kappa shape index (κ2) is 6.27. The summed E-state index contributed by atoms with van der Waals surface area (Å²) < 4.78 is 5.42. The largest absolute Gasteiger partial charge is 0.337 e. The number of aromatic nitrogens is 2. The van der Waals surface area contributed by atoms with E-state index >= 15 is 0 Å². The third kappa shape index (κ3) is 2.87. The zero-order valence-corrected chi connectivity index (χ0v) is 12.6. The third-order valence-corrected chi connectivity index (χ3v) is 3.93. The van der Waals surface area contributed by atoms with Crippen LogP contribution in [0.1, 0.15) is 38.1 Å². The van der Waals surface area contributed by atoms with E-state index in [9.17, 15) is 4.79 Å². The summed E-state index contributed by atoms with van der Waals surface area (Å²) in [6, 6.07) is 8.97. The van der Waals surface area contributed by atoms with Crippen molar-refractivity contribution in [1.82, 2.24) is 15.0 Å². The molecule has 0 bridgehead atoms. The Labute approximate surface area is 129 Å². The zero-order chi connectivity index (χ0) is 15.5. The first-order valence-corrected chi connectivity index (χ1v) is 7.62. The predicted octanol–water partition coefficient (Wildman–Crippen LogP) is 2.14. The van der Waals surface area contributed by atoms with E-state index in [2.05, 4.69) is 10.1 Å². The molecule has 1 amide bonds. The minimum absolute atomic E-state index is 0.0656. The maximum Gasteiger partial charge on any atom is 0.249 e. The third-order valence-electron chi connectivity index (χ3n) is 3.93. The van der Waals surface area contributed by atoms with Crippen LogP contribution in [-0.2, 0) is 4.79 Å². The Bertz CT molecular complexity index is 639. The summed E-state index contributed by atoms with van der Waals surface area (Å²) in [5.74, 6) is 0.978. The van der Waals surface area contributed by atoms with Crippen LogP contribution in [0.15, 0.2) is 34.9 Å². The summed E-state index contributed by atoms with van der Waals surface area (Å²) in [5, 5.41) is 4.04. The fourth-order valence-corrected chi connectivity index (χ4v) is 2.79. The van der Waals surface area contributed by atoms with Crippen LogP contribution >= 0.6 is 0 Å². The summed E-state index contributed by atoms with van der Waals surface area (Å²) in [6.07, 6.45) is 2.85. The summed E-state index contributed by atoms with van der Waals surface area (Å²) in [4.78, 5) is 18.5. The van der Waals surface area contributed by atoms with Crippen LogP contribution in [0.3, 0.4) is 0 Å². The quantitative estimate of drug-likeness (QED) is 0.938. The molecule has 1 aliphatic rings. The summed E-state index contributed by atoms with van der Waals surface area (Å²) in [5.41, 5.74) is 6.65. The maximum atomic E-state index is 12.3. The summed E-state index contributed by atoms with van der Waals surface area (Å²) in [6.45, 7) is 2.39. The lowest BCUT2D eigenvalue weighted by atomic mass is 10.0. The Morgan fingerprint density at radius 1 is 1.36 bits per heavy atom. The molecule has 1 unspecified atom stereocenters. The minimum Gasteiger partial charge on any atom is -0.337 e. The van der Waals surface area contributed by atoms with Gasteiger partial charge >= 0.3 is 0 Å². The molecule has 0 spiro atoms. The van der Waals surface area contributed by atoms with Gasteiger partial charge in [0.2, 0.25) is 17.6 Å². The van der Waals surface area contributed by atoms with Crippen molar-refractivity contribution in [2.45, 2.75) is 38.3 Å². The fourth-order valence-electron chi connectivity index (χ4n) is 2.79. The first kappa shape index (κ1) is 14.7. The number of nitrogens with two attached hydrogens (primary N) is 1. The predicted molar refractivity (Wildman–Crippen MR) is 81.7 cm³/mol. The molecular weight excluding hydrogens is 280 g/mol. The highest BCUT2D eigenvalue weighted by Crippen LogP contribution is 2.31. The van der Waals surface area contributed by atoms with Crippen molar-refractivity contribution >= 4 is 5.91 Å². The number of piperidine rings is 1. The highest BCUT2D eigenvalue weighted by atomic mass is 16.5. The average Bonchev–Trinajstić information content (AvgIpc) is 3.05. The number of benzene rings is 1. The Kier molecular flexibility index (Phi) is 4.20. The maximum absolute atomic E-state index is 12.3. The first-order valence-electron chi connectivity index (χ1n) is 7.62. The van der Waals surface area contributed by atoms with Gasteiger partial charge in [0.05, 0.1) is 6.04 Å². The van der Waals surface area contributed by atoms with E-state index < -0.39 is 6.04 Å². The van der Waals surface area contributed by atoms with Crippen LogP contribution in [0, 0.1) is 0 Å². The SMILES string of the molecule is C[C@@H](N)C(=O)N1CCCCC1c1nc(-c2ccccc2)no1. The van der Waals surface area contributed by atoms with Gasteiger partial charge in [-0.2, -0.15) is 4.98 Å². The van der Waals surface area contributed by atoms with Crippen molar-refractivity contribution in [2.24, 2.45) is 5.73 Å². The molecule has 1 aliphatic heterocycles. The van der Waals surface area contributed by atoms with E-state index in [-0.39, 0.29) is 11.9 Å². The number of hydrogen-bond donors (Lipinski definition) is 1. The molecule has 116 valence electrons. The van der Waals surface area contributed by atoms with Crippen LogP contribution in [-0.4, -0.2) is 33.5 Å². The van der Waals surface area contributed by atoms with Gasteiger partial charge in [0, 0.05) is 12.1 Å². The highest BCUT2D eigenvalue weighted by molar-refractivity contribution is 5.81. The number of carbonyl (C=O) groups is 1. The van der Waals surface area contributed by atoms with Gasteiger partial charge in [-0.15, -0.1) is 0 Å². The normalized spacial score (nSPS) is 19.9. The molecule has 1 aromatic heterocycles. The van der Waals surface area contributed by atoms with Gasteiger partial charge in [0.25, 0.3) is 0 Å². The van der Waals surface area contributed by atoms with Gasteiger partial charge < -0.3 is 15.2 Å². The monoisotopic (exact) mass is 300 g/mol. The van der Waals surface area contributed by atoms with Gasteiger partial charge in [-0.05, 0) is 26.2 Å². The number of hydrogen-bond acceptors (Lipinski definition) is 5. The minimum atomic E-state index is -0.517. The second-order valence-corrected chi connectivity index (χ2v) is 5.65. The van der Waals surface area contributed by atoms with Crippen LogP contribution in [0.2, 0.25) is 0 Å². The van der Waals surface area contributed by atoms with Crippen LogP contribution in [0.4, 0.5) is 0 Å². The lowest BCUT2D eigenvalue weighted by molar-refractivity contribution is -0.136. The Morgan fingerprint density at radius 3 is 2.86 bits per heavy atom. The molecule has 22 heavy (non-hydrogen) atoms. The number of likely N-dealkylation sites (tertiary alicyclic amines) is 1.